The Morgan fingerprint density at radius 3 is 2.80 bits per heavy atom. The van der Waals surface area contributed by atoms with Crippen molar-refractivity contribution in [2.45, 2.75) is 20.0 Å². The molecule has 0 bridgehead atoms. The molecule has 2 aromatic rings. The summed E-state index contributed by atoms with van der Waals surface area (Å²) in [6.07, 6.45) is 0.938. The highest BCUT2D eigenvalue weighted by Crippen LogP contribution is 2.13. The number of ether oxygens (including phenoxy) is 1. The lowest BCUT2D eigenvalue weighted by atomic mass is 10.1. The first-order valence-corrected chi connectivity index (χ1v) is 6.87. The van der Waals surface area contributed by atoms with Crippen LogP contribution in [0.1, 0.15) is 17.0 Å². The van der Waals surface area contributed by atoms with Crippen LogP contribution in [0, 0.1) is 6.92 Å². The summed E-state index contributed by atoms with van der Waals surface area (Å²) >= 11 is 5.96. The maximum Gasteiger partial charge on any atom is 0.158 e. The van der Waals surface area contributed by atoms with Gasteiger partial charge in [-0.25, -0.2) is 9.97 Å². The summed E-state index contributed by atoms with van der Waals surface area (Å²) in [4.78, 5) is 8.44. The van der Waals surface area contributed by atoms with E-state index in [1.54, 1.807) is 13.2 Å². The van der Waals surface area contributed by atoms with Gasteiger partial charge in [0.1, 0.15) is 17.6 Å². The number of aryl methyl sites for hydroxylation is 1. The number of methoxy groups -OCH3 is 1. The number of halogens is 1. The molecule has 1 aromatic heterocycles. The molecule has 0 aliphatic carbocycles. The average molecular weight is 292 g/mol. The van der Waals surface area contributed by atoms with Crippen molar-refractivity contribution in [2.24, 2.45) is 0 Å². The Hall–Kier alpha value is -1.65. The summed E-state index contributed by atoms with van der Waals surface area (Å²) < 4.78 is 5.02. The van der Waals surface area contributed by atoms with Gasteiger partial charge < -0.3 is 10.1 Å². The van der Waals surface area contributed by atoms with Crippen molar-refractivity contribution in [1.82, 2.24) is 9.97 Å². The van der Waals surface area contributed by atoms with Crippen LogP contribution in [0.15, 0.2) is 30.3 Å². The first-order valence-electron chi connectivity index (χ1n) is 6.50. The second kappa shape index (κ2) is 7.22. The van der Waals surface area contributed by atoms with Crippen LogP contribution in [-0.2, 0) is 17.8 Å². The fourth-order valence-electron chi connectivity index (χ4n) is 1.96. The Labute approximate surface area is 124 Å². The lowest BCUT2D eigenvalue weighted by Gasteiger charge is -2.09. The van der Waals surface area contributed by atoms with Crippen molar-refractivity contribution in [2.75, 3.05) is 19.0 Å². The molecule has 0 amide bonds. The van der Waals surface area contributed by atoms with Gasteiger partial charge in [-0.1, -0.05) is 35.9 Å². The van der Waals surface area contributed by atoms with Crippen LogP contribution in [0.5, 0.6) is 0 Å². The van der Waals surface area contributed by atoms with Crippen molar-refractivity contribution in [1.29, 1.82) is 0 Å². The maximum absolute atomic E-state index is 5.96. The van der Waals surface area contributed by atoms with Gasteiger partial charge >= 0.3 is 0 Å². The van der Waals surface area contributed by atoms with E-state index in [1.807, 2.05) is 6.07 Å². The SMILES string of the molecule is COCc1nc(Cl)cc(NCCc2ccccc2C)n1. The summed E-state index contributed by atoms with van der Waals surface area (Å²) in [6, 6.07) is 10.1. The normalized spacial score (nSPS) is 10.6. The first-order chi connectivity index (χ1) is 9.69. The second-order valence-electron chi connectivity index (χ2n) is 4.53. The van der Waals surface area contributed by atoms with Gasteiger partial charge in [0.05, 0.1) is 0 Å². The van der Waals surface area contributed by atoms with Gasteiger partial charge in [-0.05, 0) is 24.5 Å². The molecule has 0 atom stereocenters. The standard InChI is InChI=1S/C15H18ClN3O/c1-11-5-3-4-6-12(11)7-8-17-14-9-13(16)18-15(19-14)10-20-2/h3-6,9H,7-8,10H2,1-2H3,(H,17,18,19). The van der Waals surface area contributed by atoms with Crippen molar-refractivity contribution >= 4 is 17.4 Å². The van der Waals surface area contributed by atoms with Crippen molar-refractivity contribution in [3.05, 3.63) is 52.4 Å². The Kier molecular flexibility index (Phi) is 5.32. The molecule has 1 aromatic carbocycles. The van der Waals surface area contributed by atoms with Crippen LogP contribution in [0.25, 0.3) is 0 Å². The highest BCUT2D eigenvalue weighted by atomic mass is 35.5. The van der Waals surface area contributed by atoms with E-state index in [4.69, 9.17) is 16.3 Å². The summed E-state index contributed by atoms with van der Waals surface area (Å²) in [5.74, 6) is 1.31. The highest BCUT2D eigenvalue weighted by Gasteiger charge is 2.03. The van der Waals surface area contributed by atoms with Gasteiger partial charge in [0.15, 0.2) is 5.82 Å². The summed E-state index contributed by atoms with van der Waals surface area (Å²) in [5.41, 5.74) is 2.63. The number of rotatable bonds is 6. The topological polar surface area (TPSA) is 47.0 Å². The summed E-state index contributed by atoms with van der Waals surface area (Å²) in [7, 11) is 1.61. The minimum absolute atomic E-state index is 0.354. The molecular weight excluding hydrogens is 274 g/mol. The minimum atomic E-state index is 0.354. The van der Waals surface area contributed by atoms with E-state index in [9.17, 15) is 0 Å². The predicted molar refractivity (Wildman–Crippen MR) is 81.1 cm³/mol. The van der Waals surface area contributed by atoms with Crippen LogP contribution in [0.4, 0.5) is 5.82 Å². The lowest BCUT2D eigenvalue weighted by molar-refractivity contribution is 0.178. The lowest BCUT2D eigenvalue weighted by Crippen LogP contribution is -2.09. The fourth-order valence-corrected chi connectivity index (χ4v) is 2.17. The number of anilines is 1. The Morgan fingerprint density at radius 1 is 1.25 bits per heavy atom. The summed E-state index contributed by atoms with van der Waals surface area (Å²) in [6.45, 7) is 3.27. The number of nitrogens with one attached hydrogen (secondary N) is 1. The zero-order valence-corrected chi connectivity index (χ0v) is 12.4. The molecule has 0 spiro atoms. The summed E-state index contributed by atoms with van der Waals surface area (Å²) in [5, 5.41) is 3.69. The van der Waals surface area contributed by atoms with E-state index >= 15 is 0 Å². The molecule has 1 N–H and O–H groups in total. The van der Waals surface area contributed by atoms with Crippen LogP contribution in [0.2, 0.25) is 5.15 Å². The maximum atomic E-state index is 5.96. The van der Waals surface area contributed by atoms with Gasteiger partial charge in [-0.3, -0.25) is 0 Å². The van der Waals surface area contributed by atoms with Crippen molar-refractivity contribution in [3.8, 4) is 0 Å². The smallest absolute Gasteiger partial charge is 0.158 e. The van der Waals surface area contributed by atoms with Crippen LogP contribution >= 0.6 is 11.6 Å². The molecule has 0 fully saturated rings. The Bertz CT molecular complexity index is 575. The van der Waals surface area contributed by atoms with E-state index < -0.39 is 0 Å². The molecule has 0 radical (unpaired) electrons. The molecule has 0 saturated carbocycles. The van der Waals surface area contributed by atoms with E-state index in [-0.39, 0.29) is 0 Å². The van der Waals surface area contributed by atoms with Gasteiger partial charge in [0, 0.05) is 19.7 Å². The zero-order chi connectivity index (χ0) is 14.4. The van der Waals surface area contributed by atoms with Crippen molar-refractivity contribution < 1.29 is 4.74 Å². The van der Waals surface area contributed by atoms with Crippen LogP contribution in [-0.4, -0.2) is 23.6 Å². The second-order valence-corrected chi connectivity index (χ2v) is 4.92. The minimum Gasteiger partial charge on any atom is -0.377 e. The molecule has 106 valence electrons. The van der Waals surface area contributed by atoms with E-state index in [2.05, 4.69) is 40.4 Å². The van der Waals surface area contributed by atoms with E-state index in [0.717, 1.165) is 18.8 Å². The number of aromatic nitrogens is 2. The molecule has 0 aliphatic rings. The molecule has 5 heteroatoms. The number of benzene rings is 1. The third-order valence-electron chi connectivity index (χ3n) is 2.98. The quantitative estimate of drug-likeness (QED) is 0.830. The van der Waals surface area contributed by atoms with Gasteiger partial charge in [0.2, 0.25) is 0 Å². The van der Waals surface area contributed by atoms with Gasteiger partial charge in [-0.15, -0.1) is 0 Å². The monoisotopic (exact) mass is 291 g/mol. The molecule has 1 heterocycles. The predicted octanol–water partition coefficient (Wildman–Crippen LogP) is 3.24. The highest BCUT2D eigenvalue weighted by molar-refractivity contribution is 6.29. The molecule has 4 nitrogen and oxygen atoms in total. The number of hydrogen-bond donors (Lipinski definition) is 1. The third-order valence-corrected chi connectivity index (χ3v) is 3.17. The van der Waals surface area contributed by atoms with E-state index in [0.29, 0.717) is 17.6 Å². The van der Waals surface area contributed by atoms with Crippen LogP contribution < -0.4 is 5.32 Å². The molecule has 2 rings (SSSR count). The Balaban J connectivity index is 1.95. The largest absolute Gasteiger partial charge is 0.377 e. The molecule has 0 aliphatic heterocycles. The third kappa shape index (κ3) is 4.18. The molecule has 0 unspecified atom stereocenters. The van der Waals surface area contributed by atoms with E-state index in [1.165, 1.54) is 11.1 Å². The molecular formula is C15H18ClN3O. The fraction of sp³-hybridized carbons (Fsp3) is 0.333. The molecule has 0 saturated heterocycles. The zero-order valence-electron chi connectivity index (χ0n) is 11.7. The van der Waals surface area contributed by atoms with Crippen LogP contribution in [0.3, 0.4) is 0 Å². The van der Waals surface area contributed by atoms with Crippen molar-refractivity contribution in [3.63, 3.8) is 0 Å². The number of hydrogen-bond acceptors (Lipinski definition) is 4. The number of nitrogens with zero attached hydrogens (tertiary/aromatic N) is 2. The molecule has 20 heavy (non-hydrogen) atoms. The first kappa shape index (κ1) is 14.8. The average Bonchev–Trinajstić information content (AvgIpc) is 2.41. The Morgan fingerprint density at radius 2 is 2.05 bits per heavy atom. The van der Waals surface area contributed by atoms with Gasteiger partial charge in [0.25, 0.3) is 0 Å². The van der Waals surface area contributed by atoms with Gasteiger partial charge in [-0.2, -0.15) is 0 Å².